The second-order valence-electron chi connectivity index (χ2n) is 11.1. The molecular formula is C30H28N6O16S4. The van der Waals surface area contributed by atoms with Crippen LogP contribution in [-0.2, 0) is 53.3 Å². The molecule has 0 atom stereocenters. The molecule has 1 aromatic heterocycles. The number of aromatic nitrogens is 2. The number of hydrazone groups is 1. The molecule has 0 spiro atoms. The van der Waals surface area contributed by atoms with E-state index in [1.54, 1.807) is 0 Å². The van der Waals surface area contributed by atoms with Crippen LogP contribution >= 0.6 is 24.1 Å². The first-order valence-corrected chi connectivity index (χ1v) is 19.7. The summed E-state index contributed by atoms with van der Waals surface area (Å²) in [6, 6.07) is 6.63. The molecule has 2 aliphatic rings. The van der Waals surface area contributed by atoms with E-state index < -0.39 is 47.5 Å². The van der Waals surface area contributed by atoms with Crippen molar-refractivity contribution in [3.8, 4) is 11.6 Å². The summed E-state index contributed by atoms with van der Waals surface area (Å²) in [6.45, 7) is 1.74. The van der Waals surface area contributed by atoms with Gasteiger partial charge in [-0.1, -0.05) is 10.1 Å². The van der Waals surface area contributed by atoms with E-state index in [2.05, 4.69) is 33.9 Å². The van der Waals surface area contributed by atoms with E-state index in [0.717, 1.165) is 29.3 Å². The van der Waals surface area contributed by atoms with Gasteiger partial charge in [0.05, 0.1) is 46.7 Å². The molecule has 5 rings (SSSR count). The van der Waals surface area contributed by atoms with Gasteiger partial charge >= 0.3 is 0 Å². The molecule has 56 heavy (non-hydrogen) atoms. The second-order valence-corrected chi connectivity index (χ2v) is 15.4. The first-order chi connectivity index (χ1) is 26.6. The van der Waals surface area contributed by atoms with Gasteiger partial charge in [-0.3, -0.25) is 23.7 Å². The number of hydrogen-bond donors (Lipinski definition) is 5. The maximum absolute atomic E-state index is 13.8. The van der Waals surface area contributed by atoms with Crippen LogP contribution < -0.4 is 5.01 Å². The number of anilines is 1. The number of amides is 2. The zero-order valence-electron chi connectivity index (χ0n) is 28.5. The summed E-state index contributed by atoms with van der Waals surface area (Å²) >= 11 is 0.905. The van der Waals surface area contributed by atoms with E-state index in [-0.39, 0.29) is 62.8 Å². The van der Waals surface area contributed by atoms with Crippen LogP contribution in [0.2, 0.25) is 0 Å². The highest BCUT2D eigenvalue weighted by atomic mass is 32.2. The summed E-state index contributed by atoms with van der Waals surface area (Å²) in [6.07, 6.45) is 6.94. The lowest BCUT2D eigenvalue weighted by Crippen LogP contribution is -2.24. The van der Waals surface area contributed by atoms with Crippen molar-refractivity contribution in [3.63, 3.8) is 0 Å². The first-order valence-electron chi connectivity index (χ1n) is 15.3. The Morgan fingerprint density at radius 1 is 0.946 bits per heavy atom. The highest BCUT2D eigenvalue weighted by Crippen LogP contribution is 2.36. The zero-order chi connectivity index (χ0) is 40.8. The number of ether oxygens (including phenoxy) is 1. The Balaban J connectivity index is 1.59. The molecule has 298 valence electrons. The lowest BCUT2D eigenvalue weighted by atomic mass is 10.1. The highest BCUT2D eigenvalue weighted by molar-refractivity contribution is 7.94. The molecule has 3 aromatic rings. The maximum atomic E-state index is 13.8. The molecule has 3 heterocycles. The van der Waals surface area contributed by atoms with Crippen LogP contribution in [0, 0.1) is 6.92 Å². The van der Waals surface area contributed by atoms with E-state index in [9.17, 15) is 40.6 Å². The Morgan fingerprint density at radius 3 is 2.11 bits per heavy atom. The maximum Gasteiger partial charge on any atom is 0.296 e. The molecule has 0 aliphatic carbocycles. The van der Waals surface area contributed by atoms with Crippen LogP contribution in [0.1, 0.15) is 24.1 Å². The third-order valence-corrected chi connectivity index (χ3v) is 10.6. The van der Waals surface area contributed by atoms with E-state index in [1.165, 1.54) is 61.4 Å². The van der Waals surface area contributed by atoms with Crippen LogP contribution in [-0.4, -0.2) is 93.9 Å². The van der Waals surface area contributed by atoms with Gasteiger partial charge < -0.3 is 14.7 Å². The van der Waals surface area contributed by atoms with Gasteiger partial charge in [-0.05, 0) is 74.0 Å². The average molecular weight is 857 g/mol. The van der Waals surface area contributed by atoms with Gasteiger partial charge in [-0.15, -0.1) is 13.8 Å². The molecule has 0 bridgehead atoms. The van der Waals surface area contributed by atoms with Crippen LogP contribution in [0.15, 0.2) is 95.6 Å². The number of nitrogens with zero attached hydrogens (tertiary/aromatic N) is 6. The number of allylic oxidation sites excluding steroid dienone is 3. The molecule has 2 amide bonds. The number of benzene rings is 2. The van der Waals surface area contributed by atoms with Gasteiger partial charge in [0.1, 0.15) is 15.4 Å². The van der Waals surface area contributed by atoms with Gasteiger partial charge in [0.25, 0.3) is 32.0 Å². The lowest BCUT2D eigenvalue weighted by Gasteiger charge is -2.17. The number of aromatic hydroxyl groups is 1. The fourth-order valence-electron chi connectivity index (χ4n) is 5.25. The summed E-state index contributed by atoms with van der Waals surface area (Å²) < 4.78 is 83.8. The predicted molar refractivity (Wildman–Crippen MR) is 194 cm³/mol. The first kappa shape index (κ1) is 42.2. The van der Waals surface area contributed by atoms with Crippen molar-refractivity contribution in [1.82, 2.24) is 14.7 Å². The molecule has 1 fully saturated rings. The highest BCUT2D eigenvalue weighted by Gasteiger charge is 2.36. The monoisotopic (exact) mass is 856 g/mol. The summed E-state index contributed by atoms with van der Waals surface area (Å²) in [5.74, 6) is -2.21. The third-order valence-electron chi connectivity index (χ3n) is 7.62. The Morgan fingerprint density at radius 2 is 1.55 bits per heavy atom. The zero-order valence-corrected chi connectivity index (χ0v) is 31.8. The molecular weight excluding hydrogens is 829 g/mol. The van der Waals surface area contributed by atoms with Crippen molar-refractivity contribution >= 4 is 80.2 Å². The predicted octanol–water partition coefficient (Wildman–Crippen LogP) is 3.72. The molecule has 0 saturated carbocycles. The molecule has 26 heteroatoms. The number of carbonyl (C=O) groups excluding carboxylic acids is 2. The molecule has 0 unspecified atom stereocenters. The number of aliphatic imine (C=N–C) groups is 1. The Labute approximate surface area is 325 Å². The standard InChI is InChI=1S/C30H28N6O16S4/c1-17-21(29(38)35(32-17)23-14-19(53-51-49-40)7-11-25(23)55(42,43)44)9-5-18(34-13-3-4-27(34)37)6-10-22-28(48-16-31-2)33-36(30(22)39)24-15-20(54-52-50-41)8-12-26(24)56(45,46)47/h5-12,14-16,38,40-41H,3-4,13H2,1-2H3,(H,42,43,44)(H,45,46,47)/b9-5?,18-6?,22-10-,31-16?. The quantitative estimate of drug-likeness (QED) is 0.0213. The van der Waals surface area contributed by atoms with Crippen LogP contribution in [0.25, 0.3) is 11.8 Å². The van der Waals surface area contributed by atoms with Crippen molar-refractivity contribution in [2.75, 3.05) is 18.6 Å². The second kappa shape index (κ2) is 17.9. The lowest BCUT2D eigenvalue weighted by molar-refractivity contribution is -0.432. The fraction of sp³-hybridized carbons (Fsp3) is 0.167. The minimum absolute atomic E-state index is 0.0448. The van der Waals surface area contributed by atoms with Gasteiger partial charge in [-0.25, -0.2) is 10.5 Å². The number of rotatable bonds is 15. The van der Waals surface area contributed by atoms with Crippen molar-refractivity contribution in [1.29, 1.82) is 0 Å². The van der Waals surface area contributed by atoms with Gasteiger partial charge in [0.2, 0.25) is 11.8 Å². The smallest absolute Gasteiger partial charge is 0.296 e. The Bertz CT molecular complexity index is 2410. The van der Waals surface area contributed by atoms with Crippen LogP contribution in [0.3, 0.4) is 0 Å². The Kier molecular flexibility index (Phi) is 13.5. The molecule has 2 aromatic carbocycles. The van der Waals surface area contributed by atoms with Gasteiger partial charge in [0.15, 0.2) is 6.40 Å². The number of carbonyl (C=O) groups is 2. The van der Waals surface area contributed by atoms with E-state index >= 15 is 0 Å². The average Bonchev–Trinajstić information content (AvgIpc) is 3.81. The van der Waals surface area contributed by atoms with Crippen molar-refractivity contribution in [2.24, 2.45) is 10.1 Å². The molecule has 2 aliphatic heterocycles. The molecule has 22 nitrogen and oxygen atoms in total. The summed E-state index contributed by atoms with van der Waals surface area (Å²) in [5.41, 5.74) is -0.639. The minimum Gasteiger partial charge on any atom is -0.493 e. The fourth-order valence-corrected chi connectivity index (χ4v) is 7.33. The van der Waals surface area contributed by atoms with Crippen molar-refractivity contribution in [3.05, 3.63) is 77.2 Å². The number of hydrogen-bond acceptors (Lipinski definition) is 19. The van der Waals surface area contributed by atoms with E-state index in [1.807, 2.05) is 0 Å². The van der Waals surface area contributed by atoms with Gasteiger partial charge in [0, 0.05) is 35.5 Å². The number of likely N-dealkylation sites (tertiary alicyclic amines) is 1. The van der Waals surface area contributed by atoms with Crippen molar-refractivity contribution < 1.29 is 74.6 Å². The molecule has 0 radical (unpaired) electrons. The number of aryl methyl sites for hydroxylation is 1. The summed E-state index contributed by atoms with van der Waals surface area (Å²) in [5, 5.41) is 44.4. The van der Waals surface area contributed by atoms with E-state index in [0.29, 0.717) is 35.5 Å². The third kappa shape index (κ3) is 9.51. The Hall–Kier alpha value is -4.97. The van der Waals surface area contributed by atoms with Gasteiger partial charge in [-0.2, -0.15) is 31.6 Å². The minimum atomic E-state index is -4.94. The SMILES string of the molecule is CN=COC1=NN(c2cc(SOOO)ccc2S(=O)(=O)O)C(=O)/C1=C\C=C(C=Cc1c(C)nn(-c2cc(SOOO)ccc2S(=O)(=O)O)c1O)N1CCCC1=O. The van der Waals surface area contributed by atoms with Crippen molar-refractivity contribution in [2.45, 2.75) is 39.3 Å². The normalized spacial score (nSPS) is 16.4. The molecule has 1 saturated heterocycles. The summed E-state index contributed by atoms with van der Waals surface area (Å²) in [7, 11) is -8.43. The van der Waals surface area contributed by atoms with Crippen LogP contribution in [0.5, 0.6) is 5.88 Å². The molecule has 5 N–H and O–H groups in total. The van der Waals surface area contributed by atoms with Crippen LogP contribution in [0.4, 0.5) is 5.69 Å². The largest absolute Gasteiger partial charge is 0.493 e. The van der Waals surface area contributed by atoms with E-state index in [4.69, 9.17) is 15.3 Å². The summed E-state index contributed by atoms with van der Waals surface area (Å²) in [4.78, 5) is 30.8. The topological polar surface area (TPSA) is 299 Å².